The summed E-state index contributed by atoms with van der Waals surface area (Å²) in [6, 6.07) is 4.17. The number of aromatic nitrogens is 1. The summed E-state index contributed by atoms with van der Waals surface area (Å²) in [5, 5.41) is 0. The predicted octanol–water partition coefficient (Wildman–Crippen LogP) is 2.95. The van der Waals surface area contributed by atoms with Crippen LogP contribution in [-0.4, -0.2) is 24.4 Å². The molecule has 0 aromatic carbocycles. The Labute approximate surface area is 103 Å². The Hall–Kier alpha value is -1.22. The smallest absolute Gasteiger partial charge is 0.0832 e. The first-order chi connectivity index (χ1) is 8.20. The number of aliphatic imine (C=N–C) groups is 1. The molecular weight excluding hydrogens is 212 g/mol. The van der Waals surface area contributed by atoms with Crippen molar-refractivity contribution in [3.63, 3.8) is 0 Å². The third kappa shape index (κ3) is 2.91. The van der Waals surface area contributed by atoms with Crippen molar-refractivity contribution >= 4 is 5.71 Å². The fourth-order valence-electron chi connectivity index (χ4n) is 2.36. The van der Waals surface area contributed by atoms with Crippen LogP contribution in [0.15, 0.2) is 23.3 Å². The molecule has 0 bridgehead atoms. The van der Waals surface area contributed by atoms with Crippen molar-refractivity contribution in [2.75, 3.05) is 13.7 Å². The lowest BCUT2D eigenvalue weighted by atomic mass is 9.89. The van der Waals surface area contributed by atoms with Gasteiger partial charge in [0.2, 0.25) is 0 Å². The lowest BCUT2D eigenvalue weighted by molar-refractivity contribution is 0.00267. The lowest BCUT2D eigenvalue weighted by Gasteiger charge is -2.29. The van der Waals surface area contributed by atoms with Crippen LogP contribution in [0.5, 0.6) is 0 Å². The standard InChI is InChI=1S/C14H20N2O/c1-10-8-13(4-6-16-10)14-9-12(5-7-17-14)11(2)15-3/h4,6,8,12,14H,5,7,9H2,1-3H3. The Morgan fingerprint density at radius 2 is 2.35 bits per heavy atom. The van der Waals surface area contributed by atoms with Crippen molar-refractivity contribution < 1.29 is 4.74 Å². The second kappa shape index (κ2) is 5.41. The van der Waals surface area contributed by atoms with Crippen molar-refractivity contribution in [1.29, 1.82) is 0 Å². The van der Waals surface area contributed by atoms with Gasteiger partial charge in [0, 0.05) is 37.2 Å². The van der Waals surface area contributed by atoms with E-state index in [4.69, 9.17) is 4.74 Å². The number of nitrogens with zero attached hydrogens (tertiary/aromatic N) is 2. The molecule has 1 aromatic heterocycles. The summed E-state index contributed by atoms with van der Waals surface area (Å²) in [6.07, 6.45) is 4.18. The van der Waals surface area contributed by atoms with Crippen molar-refractivity contribution in [2.24, 2.45) is 10.9 Å². The van der Waals surface area contributed by atoms with Crippen LogP contribution in [-0.2, 0) is 4.74 Å². The van der Waals surface area contributed by atoms with Crippen LogP contribution in [0.4, 0.5) is 0 Å². The highest BCUT2D eigenvalue weighted by Crippen LogP contribution is 2.32. The van der Waals surface area contributed by atoms with E-state index in [0.29, 0.717) is 5.92 Å². The lowest BCUT2D eigenvalue weighted by Crippen LogP contribution is -2.24. The molecule has 2 atom stereocenters. The van der Waals surface area contributed by atoms with Gasteiger partial charge in [0.1, 0.15) is 0 Å². The average molecular weight is 232 g/mol. The maximum atomic E-state index is 5.86. The average Bonchev–Trinajstić information content (AvgIpc) is 2.38. The normalized spacial score (nSPS) is 25.9. The molecule has 3 nitrogen and oxygen atoms in total. The zero-order valence-electron chi connectivity index (χ0n) is 10.8. The van der Waals surface area contributed by atoms with Crippen molar-refractivity contribution in [3.05, 3.63) is 29.6 Å². The van der Waals surface area contributed by atoms with E-state index in [-0.39, 0.29) is 6.10 Å². The molecule has 1 fully saturated rings. The largest absolute Gasteiger partial charge is 0.373 e. The molecule has 17 heavy (non-hydrogen) atoms. The van der Waals surface area contributed by atoms with Gasteiger partial charge in [-0.25, -0.2) is 0 Å². The van der Waals surface area contributed by atoms with Gasteiger partial charge < -0.3 is 4.74 Å². The quantitative estimate of drug-likeness (QED) is 0.735. The molecule has 1 aromatic rings. The van der Waals surface area contributed by atoms with Crippen LogP contribution < -0.4 is 0 Å². The molecule has 2 unspecified atom stereocenters. The number of hydrogen-bond donors (Lipinski definition) is 0. The second-order valence-corrected chi connectivity index (χ2v) is 4.68. The molecule has 0 spiro atoms. The predicted molar refractivity (Wildman–Crippen MR) is 69.4 cm³/mol. The summed E-state index contributed by atoms with van der Waals surface area (Å²) in [7, 11) is 1.87. The Morgan fingerprint density at radius 3 is 3.06 bits per heavy atom. The van der Waals surface area contributed by atoms with Crippen LogP contribution in [0.2, 0.25) is 0 Å². The van der Waals surface area contributed by atoms with E-state index in [1.54, 1.807) is 0 Å². The summed E-state index contributed by atoms with van der Waals surface area (Å²) in [4.78, 5) is 8.53. The number of aryl methyl sites for hydroxylation is 1. The minimum Gasteiger partial charge on any atom is -0.373 e. The van der Waals surface area contributed by atoms with Crippen molar-refractivity contribution in [1.82, 2.24) is 4.98 Å². The maximum Gasteiger partial charge on any atom is 0.0832 e. The SMILES string of the molecule is CN=C(C)C1CCOC(c2ccnc(C)c2)C1. The maximum absolute atomic E-state index is 5.86. The van der Waals surface area contributed by atoms with Crippen LogP contribution >= 0.6 is 0 Å². The summed E-state index contributed by atoms with van der Waals surface area (Å²) in [5.74, 6) is 0.562. The van der Waals surface area contributed by atoms with Gasteiger partial charge in [-0.2, -0.15) is 0 Å². The fraction of sp³-hybridized carbons (Fsp3) is 0.571. The van der Waals surface area contributed by atoms with Crippen molar-refractivity contribution in [2.45, 2.75) is 32.8 Å². The number of rotatable bonds is 2. The third-order valence-corrected chi connectivity index (χ3v) is 3.52. The minimum atomic E-state index is 0.201. The van der Waals surface area contributed by atoms with E-state index in [1.807, 2.05) is 20.2 Å². The van der Waals surface area contributed by atoms with Gasteiger partial charge in [0.25, 0.3) is 0 Å². The summed E-state index contributed by atoms with van der Waals surface area (Å²) >= 11 is 0. The Balaban J connectivity index is 2.12. The number of pyridine rings is 1. The fourth-order valence-corrected chi connectivity index (χ4v) is 2.36. The molecule has 0 radical (unpaired) electrons. The van der Waals surface area contributed by atoms with Gasteiger partial charge >= 0.3 is 0 Å². The van der Waals surface area contributed by atoms with Gasteiger partial charge in [-0.3, -0.25) is 9.98 Å². The monoisotopic (exact) mass is 232 g/mol. The summed E-state index contributed by atoms with van der Waals surface area (Å²) in [5.41, 5.74) is 3.53. The molecule has 2 heterocycles. The molecule has 2 rings (SSSR count). The first kappa shape index (κ1) is 12.2. The molecular formula is C14H20N2O. The molecule has 0 N–H and O–H groups in total. The topological polar surface area (TPSA) is 34.5 Å². The Kier molecular flexibility index (Phi) is 3.89. The van der Waals surface area contributed by atoms with Crippen molar-refractivity contribution in [3.8, 4) is 0 Å². The van der Waals surface area contributed by atoms with E-state index in [0.717, 1.165) is 25.1 Å². The molecule has 92 valence electrons. The zero-order valence-corrected chi connectivity index (χ0v) is 10.8. The Bertz CT molecular complexity index is 414. The van der Waals surface area contributed by atoms with Gasteiger partial charge in [-0.05, 0) is 44.4 Å². The van der Waals surface area contributed by atoms with Gasteiger partial charge in [-0.15, -0.1) is 0 Å². The van der Waals surface area contributed by atoms with Crippen LogP contribution in [0.3, 0.4) is 0 Å². The van der Waals surface area contributed by atoms with Crippen LogP contribution in [0.25, 0.3) is 0 Å². The first-order valence-corrected chi connectivity index (χ1v) is 6.18. The molecule has 0 aliphatic carbocycles. The van der Waals surface area contributed by atoms with E-state index in [1.165, 1.54) is 11.3 Å². The van der Waals surface area contributed by atoms with Crippen LogP contribution in [0, 0.1) is 12.8 Å². The highest BCUT2D eigenvalue weighted by Gasteiger charge is 2.25. The van der Waals surface area contributed by atoms with E-state index in [2.05, 4.69) is 29.0 Å². The van der Waals surface area contributed by atoms with E-state index < -0.39 is 0 Å². The molecule has 1 aliphatic rings. The first-order valence-electron chi connectivity index (χ1n) is 6.18. The highest BCUT2D eigenvalue weighted by molar-refractivity contribution is 5.84. The Morgan fingerprint density at radius 1 is 1.53 bits per heavy atom. The third-order valence-electron chi connectivity index (χ3n) is 3.52. The molecule has 3 heteroatoms. The van der Waals surface area contributed by atoms with Crippen LogP contribution in [0.1, 0.15) is 37.1 Å². The summed E-state index contributed by atoms with van der Waals surface area (Å²) in [6.45, 7) is 4.96. The minimum absolute atomic E-state index is 0.201. The highest BCUT2D eigenvalue weighted by atomic mass is 16.5. The van der Waals surface area contributed by atoms with Gasteiger partial charge in [-0.1, -0.05) is 0 Å². The zero-order chi connectivity index (χ0) is 12.3. The second-order valence-electron chi connectivity index (χ2n) is 4.68. The molecule has 1 aliphatic heterocycles. The number of ether oxygens (including phenoxy) is 1. The molecule has 0 saturated carbocycles. The van der Waals surface area contributed by atoms with E-state index in [9.17, 15) is 0 Å². The summed E-state index contributed by atoms with van der Waals surface area (Å²) < 4.78 is 5.86. The van der Waals surface area contributed by atoms with E-state index >= 15 is 0 Å². The molecule has 1 saturated heterocycles. The van der Waals surface area contributed by atoms with Gasteiger partial charge in [0.15, 0.2) is 0 Å². The van der Waals surface area contributed by atoms with Gasteiger partial charge in [0.05, 0.1) is 6.10 Å². The number of hydrogen-bond acceptors (Lipinski definition) is 3. The molecule has 0 amide bonds.